The molecule has 190 valence electrons. The van der Waals surface area contributed by atoms with Crippen LogP contribution in [0.1, 0.15) is 24.6 Å². The van der Waals surface area contributed by atoms with Gasteiger partial charge in [0.2, 0.25) is 16.6 Å². The van der Waals surface area contributed by atoms with Crippen LogP contribution >= 0.6 is 23.1 Å². The lowest BCUT2D eigenvalue weighted by Gasteiger charge is -2.20. The topological polar surface area (TPSA) is 79.1 Å². The summed E-state index contributed by atoms with van der Waals surface area (Å²) in [6, 6.07) is 3.74. The van der Waals surface area contributed by atoms with Crippen LogP contribution in [0.25, 0.3) is 0 Å². The zero-order valence-electron chi connectivity index (χ0n) is 20.6. The van der Waals surface area contributed by atoms with Crippen LogP contribution in [0.3, 0.4) is 0 Å². The predicted octanol–water partition coefficient (Wildman–Crippen LogP) is 2.46. The Morgan fingerprint density at radius 3 is 2.50 bits per heavy atom. The number of terminal acetylenes is 2. The molecule has 0 bridgehead atoms. The fraction of sp³-hybridized carbons (Fsp3) is 0.444. The van der Waals surface area contributed by atoms with E-state index in [-0.39, 0.29) is 18.8 Å². The van der Waals surface area contributed by atoms with E-state index in [0.717, 1.165) is 23.1 Å². The van der Waals surface area contributed by atoms with Crippen LogP contribution in [0.5, 0.6) is 0 Å². The van der Waals surface area contributed by atoms with Gasteiger partial charge in [0, 0.05) is 34.5 Å². The first-order chi connectivity index (χ1) is 17.5. The van der Waals surface area contributed by atoms with Gasteiger partial charge in [-0.05, 0) is 43.8 Å². The van der Waals surface area contributed by atoms with Crippen LogP contribution in [-0.4, -0.2) is 85.0 Å². The molecule has 0 amide bonds. The van der Waals surface area contributed by atoms with E-state index < -0.39 is 23.6 Å². The molecule has 2 unspecified atom stereocenters. The number of allylic oxidation sites excluding steroid dienone is 1. The summed E-state index contributed by atoms with van der Waals surface area (Å²) in [6.45, 7) is 8.32. The molecular formula is C27H31N2O5S2+. The van der Waals surface area contributed by atoms with Crippen molar-refractivity contribution in [3.8, 4) is 24.7 Å². The molecule has 1 aromatic heterocycles. The Kier molecular flexibility index (Phi) is 10.5. The lowest BCUT2D eigenvalue weighted by Crippen LogP contribution is -2.26. The molecule has 0 radical (unpaired) electrons. The van der Waals surface area contributed by atoms with E-state index >= 15 is 0 Å². The summed E-state index contributed by atoms with van der Waals surface area (Å²) in [7, 11) is 0. The van der Waals surface area contributed by atoms with Crippen molar-refractivity contribution in [3.05, 3.63) is 39.6 Å². The minimum atomic E-state index is -1.19. The van der Waals surface area contributed by atoms with Gasteiger partial charge in [-0.3, -0.25) is 9.59 Å². The van der Waals surface area contributed by atoms with Crippen molar-refractivity contribution in [2.75, 3.05) is 57.5 Å². The number of nitrogens with zero attached hydrogens (tertiary/aromatic N) is 2. The van der Waals surface area contributed by atoms with Crippen molar-refractivity contribution in [2.24, 2.45) is 0 Å². The molecule has 1 N–H and O–H groups in total. The van der Waals surface area contributed by atoms with Gasteiger partial charge in [-0.25, -0.2) is 4.58 Å². The van der Waals surface area contributed by atoms with Crippen molar-refractivity contribution in [1.82, 2.24) is 0 Å². The van der Waals surface area contributed by atoms with E-state index in [1.54, 1.807) is 6.08 Å². The van der Waals surface area contributed by atoms with Gasteiger partial charge >= 0.3 is 0 Å². The van der Waals surface area contributed by atoms with Gasteiger partial charge in [-0.1, -0.05) is 11.8 Å². The molecule has 1 aliphatic heterocycles. The first-order valence-corrected chi connectivity index (χ1v) is 13.5. The minimum absolute atomic E-state index is 0.172. The molecule has 1 saturated carbocycles. The molecule has 1 aromatic rings. The SMILES string of the molecule is C#CCOCCN(CC)c1ccc(C2C(=O)C(=O)C(=C3C=CC(=[N+](CC)CCOCC#C)S3)C2O)s1. The van der Waals surface area contributed by atoms with Crippen LogP contribution in [0.4, 0.5) is 5.00 Å². The van der Waals surface area contributed by atoms with Crippen molar-refractivity contribution in [2.45, 2.75) is 25.9 Å². The number of thioether (sulfide) groups is 1. The Morgan fingerprint density at radius 1 is 1.11 bits per heavy atom. The highest BCUT2D eigenvalue weighted by atomic mass is 32.2. The average Bonchev–Trinajstić information content (AvgIpc) is 3.59. The molecule has 1 fully saturated rings. The summed E-state index contributed by atoms with van der Waals surface area (Å²) in [5.41, 5.74) is 0.172. The van der Waals surface area contributed by atoms with Gasteiger partial charge in [0.25, 0.3) is 0 Å². The maximum Gasteiger partial charge on any atom is 0.239 e. The molecule has 1 aliphatic carbocycles. The van der Waals surface area contributed by atoms with Crippen LogP contribution in [0, 0.1) is 24.7 Å². The highest BCUT2D eigenvalue weighted by Crippen LogP contribution is 2.43. The summed E-state index contributed by atoms with van der Waals surface area (Å²) < 4.78 is 12.9. The quantitative estimate of drug-likeness (QED) is 0.147. The number of carbonyl (C=O) groups excluding carboxylic acids is 2. The molecule has 0 saturated heterocycles. The first kappa shape index (κ1) is 27.9. The number of ketones is 2. The highest BCUT2D eigenvalue weighted by Gasteiger charge is 2.48. The number of hydrogen-bond acceptors (Lipinski definition) is 8. The van der Waals surface area contributed by atoms with Gasteiger partial charge in [0.05, 0.1) is 23.6 Å². The fourth-order valence-electron chi connectivity index (χ4n) is 4.04. The van der Waals surface area contributed by atoms with E-state index in [9.17, 15) is 14.7 Å². The number of rotatable bonds is 12. The monoisotopic (exact) mass is 527 g/mol. The number of Topliss-reactive ketones (excluding diaryl/α,β-unsaturated/α-hetero) is 2. The number of thiophene rings is 1. The minimum Gasteiger partial charge on any atom is -0.387 e. The molecule has 7 nitrogen and oxygen atoms in total. The molecule has 2 heterocycles. The lowest BCUT2D eigenvalue weighted by molar-refractivity contribution is -0.523. The van der Waals surface area contributed by atoms with E-state index in [1.807, 2.05) is 32.1 Å². The third-order valence-corrected chi connectivity index (χ3v) is 8.32. The van der Waals surface area contributed by atoms with E-state index in [4.69, 9.17) is 22.3 Å². The van der Waals surface area contributed by atoms with Crippen molar-refractivity contribution in [1.29, 1.82) is 0 Å². The number of carbonyl (C=O) groups is 2. The Bertz CT molecular complexity index is 1150. The Hall–Kier alpha value is -2.66. The summed E-state index contributed by atoms with van der Waals surface area (Å²) in [5.74, 6) is 2.80. The average molecular weight is 528 g/mol. The number of ether oxygens (including phenoxy) is 2. The zero-order chi connectivity index (χ0) is 26.1. The van der Waals surface area contributed by atoms with Crippen molar-refractivity contribution in [3.63, 3.8) is 0 Å². The number of aliphatic hydroxyl groups is 1. The summed E-state index contributed by atoms with van der Waals surface area (Å²) >= 11 is 2.80. The van der Waals surface area contributed by atoms with E-state index in [0.29, 0.717) is 36.1 Å². The number of likely N-dealkylation sites (N-methyl/N-ethyl adjacent to an activating group) is 2. The zero-order valence-corrected chi connectivity index (χ0v) is 22.2. The van der Waals surface area contributed by atoms with Crippen LogP contribution in [-0.2, 0) is 19.1 Å². The normalized spacial score (nSPS) is 22.7. The van der Waals surface area contributed by atoms with Gasteiger partial charge in [0.1, 0.15) is 26.4 Å². The van der Waals surface area contributed by atoms with Gasteiger partial charge in [-0.15, -0.1) is 24.2 Å². The van der Waals surface area contributed by atoms with Gasteiger partial charge < -0.3 is 19.5 Å². The van der Waals surface area contributed by atoms with E-state index in [2.05, 4.69) is 21.3 Å². The standard InChI is InChI=1S/C27H31N2O5S2/c1-5-15-33-17-13-28(7-3)21-11-9-19(35-21)23-25(30)24(27(32)26(23)31)20-10-12-22(36-20)29(8-4)14-18-34-16-6-2/h1-2,9-12,23,25,30H,7-8,13-18H2,3-4H3/q+1. The van der Waals surface area contributed by atoms with E-state index in [1.165, 1.54) is 23.1 Å². The molecule has 2 aliphatic rings. The Balaban J connectivity index is 1.77. The fourth-order valence-corrected chi connectivity index (χ4v) is 6.44. The maximum absolute atomic E-state index is 13.0. The highest BCUT2D eigenvalue weighted by molar-refractivity contribution is 8.18. The predicted molar refractivity (Wildman–Crippen MR) is 145 cm³/mol. The Labute approximate surface area is 220 Å². The summed E-state index contributed by atoms with van der Waals surface area (Å²) in [6.07, 6.45) is 13.0. The summed E-state index contributed by atoms with van der Waals surface area (Å²) in [5, 5.41) is 13.0. The van der Waals surface area contributed by atoms with Crippen LogP contribution in [0.15, 0.2) is 34.8 Å². The molecule has 0 aromatic carbocycles. The van der Waals surface area contributed by atoms with Crippen molar-refractivity contribution < 1.29 is 28.7 Å². The Morgan fingerprint density at radius 2 is 1.83 bits per heavy atom. The largest absolute Gasteiger partial charge is 0.387 e. The summed E-state index contributed by atoms with van der Waals surface area (Å²) in [4.78, 5) is 29.3. The number of aliphatic hydroxyl groups excluding tert-OH is 1. The molecule has 9 heteroatoms. The van der Waals surface area contributed by atoms with Crippen LogP contribution in [0.2, 0.25) is 0 Å². The molecule has 3 rings (SSSR count). The number of hydrogen-bond donors (Lipinski definition) is 1. The van der Waals surface area contributed by atoms with Gasteiger partial charge in [-0.2, -0.15) is 0 Å². The molecule has 36 heavy (non-hydrogen) atoms. The first-order valence-electron chi connectivity index (χ1n) is 11.8. The smallest absolute Gasteiger partial charge is 0.239 e. The molecular weight excluding hydrogens is 496 g/mol. The third kappa shape index (κ3) is 6.36. The second-order valence-electron chi connectivity index (χ2n) is 8.02. The van der Waals surface area contributed by atoms with Crippen molar-refractivity contribution >= 4 is 44.7 Å². The molecule has 0 spiro atoms. The molecule has 2 atom stereocenters. The number of anilines is 1. The second kappa shape index (κ2) is 13.6. The maximum atomic E-state index is 13.0. The third-order valence-electron chi connectivity index (χ3n) is 5.91. The van der Waals surface area contributed by atoms with Gasteiger partial charge in [0.15, 0.2) is 6.54 Å². The van der Waals surface area contributed by atoms with Crippen LogP contribution < -0.4 is 4.90 Å². The lowest BCUT2D eigenvalue weighted by atomic mass is 10.0. The second-order valence-corrected chi connectivity index (χ2v) is 10.2.